The number of rotatable bonds is 12. The molecule has 1 aromatic carbocycles. The molecule has 1 aromatic heterocycles. The number of hydrogen-bond donors (Lipinski definition) is 2. The second-order valence-electron chi connectivity index (χ2n) is 10.0. The molecule has 1 unspecified atom stereocenters. The van der Waals surface area contributed by atoms with E-state index in [0.717, 1.165) is 19.5 Å². The molecule has 0 aliphatic carbocycles. The molecule has 3 amide bonds. The summed E-state index contributed by atoms with van der Waals surface area (Å²) in [6.07, 6.45) is 4.90. The summed E-state index contributed by atoms with van der Waals surface area (Å²) in [4.78, 5) is 46.5. The first kappa shape index (κ1) is 29.1. The largest absolute Gasteiger partial charge is 0.356 e. The van der Waals surface area contributed by atoms with E-state index in [1.807, 2.05) is 13.8 Å². The minimum Gasteiger partial charge on any atom is -0.356 e. The summed E-state index contributed by atoms with van der Waals surface area (Å²) in [5.74, 6) is -0.546. The lowest BCUT2D eigenvalue weighted by Crippen LogP contribution is -2.40. The van der Waals surface area contributed by atoms with Crippen LogP contribution in [0.2, 0.25) is 5.02 Å². The molecular formula is C27H38ClN5O3S. The van der Waals surface area contributed by atoms with E-state index < -0.39 is 0 Å². The van der Waals surface area contributed by atoms with Crippen LogP contribution in [-0.2, 0) is 16.0 Å². The van der Waals surface area contributed by atoms with Crippen molar-refractivity contribution in [1.29, 1.82) is 0 Å². The third-order valence-corrected chi connectivity index (χ3v) is 7.47. The minimum absolute atomic E-state index is 0.0803. The lowest BCUT2D eigenvalue weighted by Gasteiger charge is -2.33. The molecule has 0 bridgehead atoms. The summed E-state index contributed by atoms with van der Waals surface area (Å²) in [7, 11) is 0. The number of piperidine rings is 1. The van der Waals surface area contributed by atoms with Crippen molar-refractivity contribution < 1.29 is 14.4 Å². The van der Waals surface area contributed by atoms with E-state index in [9.17, 15) is 14.4 Å². The van der Waals surface area contributed by atoms with Gasteiger partial charge in [-0.2, -0.15) is 0 Å². The highest BCUT2D eigenvalue weighted by Gasteiger charge is 2.22. The molecule has 0 spiro atoms. The van der Waals surface area contributed by atoms with Crippen molar-refractivity contribution in [3.63, 3.8) is 0 Å². The summed E-state index contributed by atoms with van der Waals surface area (Å²) in [5, 5.41) is 8.25. The number of amides is 3. The summed E-state index contributed by atoms with van der Waals surface area (Å²) < 4.78 is 0. The van der Waals surface area contributed by atoms with Gasteiger partial charge >= 0.3 is 0 Å². The van der Waals surface area contributed by atoms with Gasteiger partial charge in [0.1, 0.15) is 6.54 Å². The Morgan fingerprint density at radius 2 is 2.00 bits per heavy atom. The van der Waals surface area contributed by atoms with Crippen LogP contribution in [0.25, 0.3) is 0 Å². The molecule has 1 fully saturated rings. The Balaban J connectivity index is 1.45. The van der Waals surface area contributed by atoms with Crippen molar-refractivity contribution >= 4 is 45.8 Å². The topological polar surface area (TPSA) is 94.6 Å². The molecule has 2 aromatic rings. The number of nitrogens with one attached hydrogen (secondary N) is 2. The van der Waals surface area contributed by atoms with Crippen LogP contribution in [-0.4, -0.2) is 71.3 Å². The number of nitrogens with zero attached hydrogens (tertiary/aromatic N) is 3. The van der Waals surface area contributed by atoms with Crippen LogP contribution >= 0.6 is 22.9 Å². The van der Waals surface area contributed by atoms with Gasteiger partial charge in [0.15, 0.2) is 5.13 Å². The van der Waals surface area contributed by atoms with Crippen molar-refractivity contribution in [2.24, 2.45) is 5.92 Å². The lowest BCUT2D eigenvalue weighted by molar-refractivity contribution is -0.120. The molecule has 0 radical (unpaired) electrons. The zero-order chi connectivity index (χ0) is 26.8. The standard InChI is InChI=1S/C27H38ClN5O3S/c1-19(2)16-33(26(36)22-10-4-5-11-23(22)28)17-25(35)31-27-30-21(18-37-27)15-24(34)29-12-8-14-32-13-7-6-9-20(32)3/h4-5,10-11,18-20H,6-9,12-17H2,1-3H3,(H,29,34)(H,30,31,35). The van der Waals surface area contributed by atoms with Gasteiger partial charge < -0.3 is 20.4 Å². The number of anilines is 1. The maximum Gasteiger partial charge on any atom is 0.255 e. The number of hydrogen-bond acceptors (Lipinski definition) is 6. The normalized spacial score (nSPS) is 16.0. The Kier molecular flexibility index (Phi) is 11.4. The van der Waals surface area contributed by atoms with E-state index in [4.69, 9.17) is 11.6 Å². The number of likely N-dealkylation sites (tertiary alicyclic amines) is 1. The van der Waals surface area contributed by atoms with Crippen LogP contribution in [0.15, 0.2) is 29.6 Å². The predicted molar refractivity (Wildman–Crippen MR) is 149 cm³/mol. The zero-order valence-electron chi connectivity index (χ0n) is 22.0. The Morgan fingerprint density at radius 3 is 2.73 bits per heavy atom. The Morgan fingerprint density at radius 1 is 1.22 bits per heavy atom. The first-order valence-electron chi connectivity index (χ1n) is 13.0. The molecule has 37 heavy (non-hydrogen) atoms. The number of thiazole rings is 1. The SMILES string of the molecule is CC(C)CN(CC(=O)Nc1nc(CC(=O)NCCCN2CCCCC2C)cs1)C(=O)c1ccccc1Cl. The molecule has 2 N–H and O–H groups in total. The third kappa shape index (κ3) is 9.39. The average molecular weight is 548 g/mol. The summed E-state index contributed by atoms with van der Waals surface area (Å²) in [6.45, 7) is 9.32. The van der Waals surface area contributed by atoms with E-state index in [1.165, 1.54) is 35.5 Å². The zero-order valence-corrected chi connectivity index (χ0v) is 23.5. The van der Waals surface area contributed by atoms with Crippen molar-refractivity contribution in [2.45, 2.75) is 58.9 Å². The molecule has 1 aliphatic rings. The van der Waals surface area contributed by atoms with Crippen molar-refractivity contribution in [1.82, 2.24) is 20.1 Å². The maximum absolute atomic E-state index is 13.0. The van der Waals surface area contributed by atoms with E-state index >= 15 is 0 Å². The summed E-state index contributed by atoms with van der Waals surface area (Å²) >= 11 is 7.46. The highest BCUT2D eigenvalue weighted by Crippen LogP contribution is 2.19. The number of carbonyl (C=O) groups is 3. The first-order valence-corrected chi connectivity index (χ1v) is 14.3. The summed E-state index contributed by atoms with van der Waals surface area (Å²) in [6, 6.07) is 7.44. The van der Waals surface area contributed by atoms with Crippen LogP contribution in [0.4, 0.5) is 5.13 Å². The number of aromatic nitrogens is 1. The Labute approximate surface area is 228 Å². The van der Waals surface area contributed by atoms with Crippen molar-refractivity contribution in [2.75, 3.05) is 38.0 Å². The van der Waals surface area contributed by atoms with Crippen molar-refractivity contribution in [3.8, 4) is 0 Å². The Bertz CT molecular complexity index is 1060. The first-order chi connectivity index (χ1) is 17.7. The van der Waals surface area contributed by atoms with Gasteiger partial charge in [0.2, 0.25) is 11.8 Å². The van der Waals surface area contributed by atoms with Crippen LogP contribution in [0, 0.1) is 5.92 Å². The molecular weight excluding hydrogens is 510 g/mol. The second-order valence-corrected chi connectivity index (χ2v) is 11.3. The van der Waals surface area contributed by atoms with Crippen LogP contribution in [0.5, 0.6) is 0 Å². The van der Waals surface area contributed by atoms with Crippen molar-refractivity contribution in [3.05, 3.63) is 45.9 Å². The maximum atomic E-state index is 13.0. The van der Waals surface area contributed by atoms with Gasteiger partial charge in [-0.05, 0) is 50.8 Å². The molecule has 3 rings (SSSR count). The molecule has 8 nitrogen and oxygen atoms in total. The van der Waals surface area contributed by atoms with Crippen LogP contribution in [0.3, 0.4) is 0 Å². The molecule has 202 valence electrons. The highest BCUT2D eigenvalue weighted by molar-refractivity contribution is 7.13. The van der Waals surface area contributed by atoms with Gasteiger partial charge in [-0.3, -0.25) is 14.4 Å². The molecule has 1 aliphatic heterocycles. The number of benzene rings is 1. The molecule has 2 heterocycles. The summed E-state index contributed by atoms with van der Waals surface area (Å²) in [5.41, 5.74) is 0.972. The average Bonchev–Trinajstić information content (AvgIpc) is 3.28. The molecule has 1 atom stereocenters. The van der Waals surface area contributed by atoms with Gasteiger partial charge in [-0.25, -0.2) is 4.98 Å². The minimum atomic E-state index is -0.349. The highest BCUT2D eigenvalue weighted by atomic mass is 35.5. The van der Waals surface area contributed by atoms with Gasteiger partial charge in [0.05, 0.1) is 22.7 Å². The number of halogens is 1. The lowest BCUT2D eigenvalue weighted by atomic mass is 10.0. The fourth-order valence-corrected chi connectivity index (χ4v) is 5.41. The molecule has 0 saturated carbocycles. The predicted octanol–water partition coefficient (Wildman–Crippen LogP) is 4.46. The Hall–Kier alpha value is -2.49. The number of carbonyl (C=O) groups excluding carboxylic acids is 3. The fourth-order valence-electron chi connectivity index (χ4n) is 4.47. The molecule has 10 heteroatoms. The van der Waals surface area contributed by atoms with E-state index in [-0.39, 0.29) is 36.6 Å². The second kappa shape index (κ2) is 14.4. The fraction of sp³-hybridized carbons (Fsp3) is 0.556. The molecule has 1 saturated heterocycles. The van der Waals surface area contributed by atoms with E-state index in [0.29, 0.717) is 40.5 Å². The van der Waals surface area contributed by atoms with Crippen LogP contribution in [0.1, 0.15) is 62.5 Å². The van der Waals surface area contributed by atoms with Crippen LogP contribution < -0.4 is 10.6 Å². The third-order valence-electron chi connectivity index (χ3n) is 6.34. The smallest absolute Gasteiger partial charge is 0.255 e. The quantitative estimate of drug-likeness (QED) is 0.383. The van der Waals surface area contributed by atoms with Gasteiger partial charge in [-0.15, -0.1) is 11.3 Å². The van der Waals surface area contributed by atoms with Gasteiger partial charge in [0, 0.05) is 31.1 Å². The van der Waals surface area contributed by atoms with Gasteiger partial charge in [0.25, 0.3) is 5.91 Å². The van der Waals surface area contributed by atoms with Gasteiger partial charge in [-0.1, -0.05) is 44.0 Å². The van der Waals surface area contributed by atoms with E-state index in [1.54, 1.807) is 29.6 Å². The monoisotopic (exact) mass is 547 g/mol. The van der Waals surface area contributed by atoms with E-state index in [2.05, 4.69) is 27.4 Å².